The van der Waals surface area contributed by atoms with Crippen LogP contribution in [0.4, 0.5) is 4.39 Å². The van der Waals surface area contributed by atoms with Crippen molar-refractivity contribution in [1.82, 2.24) is 10.3 Å². The lowest BCUT2D eigenvalue weighted by molar-refractivity contribution is 0.489. The van der Waals surface area contributed by atoms with E-state index in [-0.39, 0.29) is 5.82 Å². The van der Waals surface area contributed by atoms with Crippen LogP contribution in [0.3, 0.4) is 0 Å². The second kappa shape index (κ2) is 6.33. The number of furan rings is 1. The second-order valence-corrected chi connectivity index (χ2v) is 4.67. The summed E-state index contributed by atoms with van der Waals surface area (Å²) in [7, 11) is 0. The van der Waals surface area contributed by atoms with Gasteiger partial charge in [-0.3, -0.25) is 4.98 Å². The van der Waals surface area contributed by atoms with Gasteiger partial charge in [-0.15, -0.1) is 0 Å². The summed E-state index contributed by atoms with van der Waals surface area (Å²) in [5, 5.41) is 3.25. The zero-order chi connectivity index (χ0) is 14.5. The Bertz CT molecular complexity index is 710. The third-order valence-electron chi connectivity index (χ3n) is 3.13. The smallest absolute Gasteiger partial charge is 0.137 e. The van der Waals surface area contributed by atoms with Crippen LogP contribution in [0.5, 0.6) is 0 Å². The molecule has 0 amide bonds. The summed E-state index contributed by atoms with van der Waals surface area (Å²) in [4.78, 5) is 4.23. The zero-order valence-corrected chi connectivity index (χ0v) is 11.4. The van der Waals surface area contributed by atoms with Crippen molar-refractivity contribution in [3.63, 3.8) is 0 Å². The molecule has 21 heavy (non-hydrogen) atoms. The molecule has 1 aromatic carbocycles. The first kappa shape index (κ1) is 13.5. The van der Waals surface area contributed by atoms with Gasteiger partial charge in [0.15, 0.2) is 0 Å². The molecule has 0 saturated heterocycles. The standard InChI is InChI=1S/C17H15FN2O/c18-16-7-2-1-6-15(16)17-9-8-14(21-17)12-19-11-13-5-3-4-10-20-13/h1-10,19H,11-12H2. The third-order valence-corrected chi connectivity index (χ3v) is 3.13. The van der Waals surface area contributed by atoms with E-state index in [2.05, 4.69) is 10.3 Å². The summed E-state index contributed by atoms with van der Waals surface area (Å²) < 4.78 is 19.3. The highest BCUT2D eigenvalue weighted by molar-refractivity contribution is 5.58. The van der Waals surface area contributed by atoms with Crippen molar-refractivity contribution in [3.8, 4) is 11.3 Å². The van der Waals surface area contributed by atoms with Crippen molar-refractivity contribution < 1.29 is 8.81 Å². The van der Waals surface area contributed by atoms with Crippen molar-refractivity contribution in [2.45, 2.75) is 13.1 Å². The van der Waals surface area contributed by atoms with Crippen LogP contribution in [-0.4, -0.2) is 4.98 Å². The number of pyridine rings is 1. The van der Waals surface area contributed by atoms with E-state index in [1.54, 1.807) is 30.5 Å². The third kappa shape index (κ3) is 3.35. The highest BCUT2D eigenvalue weighted by Crippen LogP contribution is 2.24. The van der Waals surface area contributed by atoms with E-state index in [1.165, 1.54) is 6.07 Å². The van der Waals surface area contributed by atoms with E-state index < -0.39 is 0 Å². The van der Waals surface area contributed by atoms with E-state index in [0.29, 0.717) is 24.4 Å². The number of halogens is 1. The van der Waals surface area contributed by atoms with E-state index in [9.17, 15) is 4.39 Å². The Balaban J connectivity index is 1.62. The molecule has 106 valence electrons. The second-order valence-electron chi connectivity index (χ2n) is 4.67. The van der Waals surface area contributed by atoms with Gasteiger partial charge < -0.3 is 9.73 Å². The Labute approximate surface area is 122 Å². The summed E-state index contributed by atoms with van der Waals surface area (Å²) in [6, 6.07) is 16.0. The van der Waals surface area contributed by atoms with Gasteiger partial charge in [-0.25, -0.2) is 4.39 Å². The summed E-state index contributed by atoms with van der Waals surface area (Å²) in [5.74, 6) is 1.03. The molecular weight excluding hydrogens is 267 g/mol. The van der Waals surface area contributed by atoms with Crippen LogP contribution in [0.25, 0.3) is 11.3 Å². The number of nitrogens with one attached hydrogen (secondary N) is 1. The first-order valence-corrected chi connectivity index (χ1v) is 6.77. The molecule has 3 rings (SSSR count). The van der Waals surface area contributed by atoms with E-state index in [0.717, 1.165) is 11.5 Å². The molecule has 1 N–H and O–H groups in total. The minimum absolute atomic E-state index is 0.278. The summed E-state index contributed by atoms with van der Waals surface area (Å²) in [6.07, 6.45) is 1.76. The summed E-state index contributed by atoms with van der Waals surface area (Å²) >= 11 is 0. The summed E-state index contributed by atoms with van der Waals surface area (Å²) in [5.41, 5.74) is 1.45. The van der Waals surface area contributed by atoms with Crippen LogP contribution in [0.2, 0.25) is 0 Å². The van der Waals surface area contributed by atoms with Crippen molar-refractivity contribution >= 4 is 0 Å². The van der Waals surface area contributed by atoms with Gasteiger partial charge in [0, 0.05) is 12.7 Å². The van der Waals surface area contributed by atoms with E-state index in [4.69, 9.17) is 4.42 Å². The number of rotatable bonds is 5. The molecule has 0 aliphatic rings. The lowest BCUT2D eigenvalue weighted by Gasteiger charge is -2.02. The number of hydrogen-bond donors (Lipinski definition) is 1. The molecule has 2 aromatic heterocycles. The predicted molar refractivity (Wildman–Crippen MR) is 78.9 cm³/mol. The van der Waals surface area contributed by atoms with Crippen molar-refractivity contribution in [2.75, 3.05) is 0 Å². The molecule has 3 nitrogen and oxygen atoms in total. The molecule has 0 bridgehead atoms. The number of aromatic nitrogens is 1. The van der Waals surface area contributed by atoms with Crippen molar-refractivity contribution in [2.24, 2.45) is 0 Å². The van der Waals surface area contributed by atoms with Crippen LogP contribution < -0.4 is 5.32 Å². The first-order valence-electron chi connectivity index (χ1n) is 6.77. The van der Waals surface area contributed by atoms with Crippen LogP contribution in [-0.2, 0) is 13.1 Å². The molecule has 0 unspecified atom stereocenters. The van der Waals surface area contributed by atoms with Gasteiger partial charge in [0.25, 0.3) is 0 Å². The van der Waals surface area contributed by atoms with Gasteiger partial charge in [0.05, 0.1) is 17.8 Å². The highest BCUT2D eigenvalue weighted by atomic mass is 19.1. The fourth-order valence-corrected chi connectivity index (χ4v) is 2.10. The Morgan fingerprint density at radius 3 is 2.62 bits per heavy atom. The molecule has 3 aromatic rings. The van der Waals surface area contributed by atoms with Crippen LogP contribution in [0.1, 0.15) is 11.5 Å². The lowest BCUT2D eigenvalue weighted by atomic mass is 10.1. The Morgan fingerprint density at radius 2 is 1.81 bits per heavy atom. The van der Waals surface area contributed by atoms with Gasteiger partial charge in [-0.1, -0.05) is 18.2 Å². The number of benzene rings is 1. The first-order chi connectivity index (χ1) is 10.3. The van der Waals surface area contributed by atoms with E-state index >= 15 is 0 Å². The molecule has 0 atom stereocenters. The molecule has 0 saturated carbocycles. The summed E-state index contributed by atoms with van der Waals surface area (Å²) in [6.45, 7) is 1.24. The minimum atomic E-state index is -0.278. The van der Waals surface area contributed by atoms with Crippen molar-refractivity contribution in [3.05, 3.63) is 78.1 Å². The molecule has 2 heterocycles. The Kier molecular flexibility index (Phi) is 4.07. The fraction of sp³-hybridized carbons (Fsp3) is 0.118. The minimum Gasteiger partial charge on any atom is -0.460 e. The number of nitrogens with zero attached hydrogens (tertiary/aromatic N) is 1. The predicted octanol–water partition coefficient (Wildman–Crippen LogP) is 3.77. The highest BCUT2D eigenvalue weighted by Gasteiger charge is 2.08. The maximum Gasteiger partial charge on any atom is 0.137 e. The maximum atomic E-state index is 13.7. The molecular formula is C17H15FN2O. The normalized spacial score (nSPS) is 10.7. The largest absolute Gasteiger partial charge is 0.460 e. The van der Waals surface area contributed by atoms with Gasteiger partial charge in [0.2, 0.25) is 0 Å². The SMILES string of the molecule is Fc1ccccc1-c1ccc(CNCc2ccccn2)o1. The average molecular weight is 282 g/mol. The number of hydrogen-bond acceptors (Lipinski definition) is 3. The van der Waals surface area contributed by atoms with Crippen LogP contribution >= 0.6 is 0 Å². The van der Waals surface area contributed by atoms with Gasteiger partial charge in [-0.05, 0) is 36.4 Å². The quantitative estimate of drug-likeness (QED) is 0.774. The zero-order valence-electron chi connectivity index (χ0n) is 11.4. The van der Waals surface area contributed by atoms with Gasteiger partial charge in [0.1, 0.15) is 17.3 Å². The monoisotopic (exact) mass is 282 g/mol. The van der Waals surface area contributed by atoms with Crippen molar-refractivity contribution in [1.29, 1.82) is 0 Å². The van der Waals surface area contributed by atoms with Gasteiger partial charge in [-0.2, -0.15) is 0 Å². The van der Waals surface area contributed by atoms with Gasteiger partial charge >= 0.3 is 0 Å². The Morgan fingerprint density at radius 1 is 0.952 bits per heavy atom. The molecule has 0 aliphatic heterocycles. The topological polar surface area (TPSA) is 38.1 Å². The molecule has 0 radical (unpaired) electrons. The van der Waals surface area contributed by atoms with Crippen LogP contribution in [0.15, 0.2) is 65.2 Å². The van der Waals surface area contributed by atoms with Crippen LogP contribution in [0, 0.1) is 5.82 Å². The van der Waals surface area contributed by atoms with E-state index in [1.807, 2.05) is 24.3 Å². The molecule has 0 aliphatic carbocycles. The maximum absolute atomic E-state index is 13.7. The Hall–Kier alpha value is -2.46. The molecule has 0 spiro atoms. The lowest BCUT2D eigenvalue weighted by Crippen LogP contribution is -2.12. The fourth-order valence-electron chi connectivity index (χ4n) is 2.10. The molecule has 4 heteroatoms. The molecule has 0 fully saturated rings. The average Bonchev–Trinajstić information content (AvgIpc) is 2.97.